The lowest BCUT2D eigenvalue weighted by atomic mass is 10.2. The van der Waals surface area contributed by atoms with Crippen molar-refractivity contribution in [3.05, 3.63) is 64.6 Å². The van der Waals surface area contributed by atoms with Crippen molar-refractivity contribution in [3.8, 4) is 0 Å². The van der Waals surface area contributed by atoms with Crippen LogP contribution in [0.25, 0.3) is 6.08 Å². The normalized spacial score (nSPS) is 11.5. The molecule has 2 aromatic rings. The monoisotopic (exact) mass is 399 g/mol. The second-order valence-corrected chi connectivity index (χ2v) is 7.23. The summed E-state index contributed by atoms with van der Waals surface area (Å²) in [6.07, 6.45) is 2.47. The summed E-state index contributed by atoms with van der Waals surface area (Å²) >= 11 is 8.53. The molecule has 0 unspecified atom stereocenters. The molecule has 2 aromatic carbocycles. The van der Waals surface area contributed by atoms with Crippen LogP contribution in [0.5, 0.6) is 0 Å². The molecule has 0 aliphatic rings. The Morgan fingerprint density at radius 2 is 1.73 bits per heavy atom. The van der Waals surface area contributed by atoms with Gasteiger partial charge in [0.25, 0.3) is 10.0 Å². The highest BCUT2D eigenvalue weighted by Gasteiger charge is 2.17. The Morgan fingerprint density at radius 3 is 2.36 bits per heavy atom. The van der Waals surface area contributed by atoms with Crippen LogP contribution in [0.1, 0.15) is 5.56 Å². The van der Waals surface area contributed by atoms with Gasteiger partial charge >= 0.3 is 0 Å². The maximum Gasteiger partial charge on any atom is 0.262 e. The molecule has 0 aromatic heterocycles. The van der Waals surface area contributed by atoms with Gasteiger partial charge in [0, 0.05) is 10.2 Å². The van der Waals surface area contributed by atoms with Crippen LogP contribution in [0.4, 0.5) is 5.69 Å². The van der Waals surface area contributed by atoms with Crippen LogP contribution in [0.3, 0.4) is 0 Å². The van der Waals surface area contributed by atoms with Crippen LogP contribution < -0.4 is 4.72 Å². The van der Waals surface area contributed by atoms with E-state index >= 15 is 0 Å². The third kappa shape index (κ3) is 4.43. The molecule has 4 nitrogen and oxygen atoms in total. The van der Waals surface area contributed by atoms with Gasteiger partial charge in [-0.15, -0.1) is 0 Å². The lowest BCUT2D eigenvalue weighted by molar-refractivity contribution is -0.107. The molecule has 2 rings (SSSR count). The first kappa shape index (κ1) is 16.7. The number of carbonyl (C=O) groups is 1. The minimum atomic E-state index is -3.78. The van der Waals surface area contributed by atoms with Gasteiger partial charge in [-0.25, -0.2) is 8.42 Å². The summed E-state index contributed by atoms with van der Waals surface area (Å²) < 4.78 is 28.3. The molecule has 0 aliphatic heterocycles. The molecule has 22 heavy (non-hydrogen) atoms. The number of benzene rings is 2. The summed E-state index contributed by atoms with van der Waals surface area (Å²) in [4.78, 5) is 10.9. The molecule has 0 saturated heterocycles. The molecule has 0 saturated carbocycles. The van der Waals surface area contributed by atoms with Crippen LogP contribution in [0.15, 0.2) is 64.0 Å². The zero-order valence-corrected chi connectivity index (χ0v) is 14.3. The van der Waals surface area contributed by atoms with Crippen molar-refractivity contribution in [2.75, 3.05) is 4.72 Å². The first-order valence-electron chi connectivity index (χ1n) is 6.13. The van der Waals surface area contributed by atoms with Gasteiger partial charge in [0.2, 0.25) is 5.24 Å². The molecule has 1 N–H and O–H groups in total. The van der Waals surface area contributed by atoms with Gasteiger partial charge in [0.15, 0.2) is 0 Å². The lowest BCUT2D eigenvalue weighted by Crippen LogP contribution is -2.14. The SMILES string of the molecule is O=C(Cl)C=Cc1ccccc1S(=O)(=O)Nc1ccc(Br)cc1. The predicted octanol–water partition coefficient (Wildman–Crippen LogP) is 4.03. The van der Waals surface area contributed by atoms with E-state index in [0.717, 1.165) is 10.5 Å². The number of sulfonamides is 1. The van der Waals surface area contributed by atoms with E-state index in [4.69, 9.17) is 11.6 Å². The van der Waals surface area contributed by atoms with Crippen LogP contribution in [-0.4, -0.2) is 13.7 Å². The largest absolute Gasteiger partial charge is 0.280 e. The van der Waals surface area contributed by atoms with Gasteiger partial charge in [0.1, 0.15) is 0 Å². The summed E-state index contributed by atoms with van der Waals surface area (Å²) in [5, 5.41) is -0.673. The van der Waals surface area contributed by atoms with Gasteiger partial charge in [-0.3, -0.25) is 9.52 Å². The van der Waals surface area contributed by atoms with E-state index in [2.05, 4.69) is 20.7 Å². The molecule has 0 heterocycles. The number of rotatable bonds is 5. The Labute approximate surface area is 142 Å². The summed E-state index contributed by atoms with van der Waals surface area (Å²) in [5.74, 6) is 0. The Hall–Kier alpha value is -1.63. The summed E-state index contributed by atoms with van der Waals surface area (Å²) in [6.45, 7) is 0. The number of hydrogen-bond donors (Lipinski definition) is 1. The number of anilines is 1. The Bertz CT molecular complexity index is 817. The average Bonchev–Trinajstić information content (AvgIpc) is 2.47. The molecular formula is C15H11BrClNO3S. The fraction of sp³-hybridized carbons (Fsp3) is 0. The highest BCUT2D eigenvalue weighted by Crippen LogP contribution is 2.22. The molecule has 7 heteroatoms. The van der Waals surface area contributed by atoms with Crippen molar-refractivity contribution in [2.24, 2.45) is 0 Å². The Balaban J connectivity index is 2.37. The average molecular weight is 401 g/mol. The van der Waals surface area contributed by atoms with Crippen molar-refractivity contribution in [3.63, 3.8) is 0 Å². The molecular weight excluding hydrogens is 390 g/mol. The van der Waals surface area contributed by atoms with Gasteiger partial charge in [0.05, 0.1) is 4.90 Å². The molecule has 0 bridgehead atoms. The predicted molar refractivity (Wildman–Crippen MR) is 91.3 cm³/mol. The second-order valence-electron chi connectivity index (χ2n) is 4.29. The van der Waals surface area contributed by atoms with Crippen molar-refractivity contribution in [1.82, 2.24) is 0 Å². The van der Waals surface area contributed by atoms with E-state index in [1.165, 1.54) is 12.1 Å². The van der Waals surface area contributed by atoms with E-state index in [0.29, 0.717) is 11.3 Å². The quantitative estimate of drug-likeness (QED) is 0.609. The van der Waals surface area contributed by atoms with Crippen LogP contribution in [0.2, 0.25) is 0 Å². The van der Waals surface area contributed by atoms with Gasteiger partial charge in [-0.1, -0.05) is 34.1 Å². The minimum Gasteiger partial charge on any atom is -0.280 e. The maximum absolute atomic E-state index is 12.5. The molecule has 0 spiro atoms. The van der Waals surface area contributed by atoms with Crippen molar-refractivity contribution in [2.45, 2.75) is 4.90 Å². The molecule has 0 radical (unpaired) electrons. The third-order valence-electron chi connectivity index (χ3n) is 2.70. The maximum atomic E-state index is 12.5. The molecule has 0 fully saturated rings. The number of allylic oxidation sites excluding steroid dienone is 1. The molecule has 0 amide bonds. The zero-order valence-electron chi connectivity index (χ0n) is 11.2. The van der Waals surface area contributed by atoms with E-state index in [1.807, 2.05) is 0 Å². The van der Waals surface area contributed by atoms with Crippen molar-refractivity contribution >= 4 is 54.6 Å². The minimum absolute atomic E-state index is 0.0621. The first-order valence-corrected chi connectivity index (χ1v) is 8.79. The summed E-state index contributed by atoms with van der Waals surface area (Å²) in [5.41, 5.74) is 0.816. The number of nitrogens with one attached hydrogen (secondary N) is 1. The topological polar surface area (TPSA) is 63.2 Å². The Morgan fingerprint density at radius 1 is 1.09 bits per heavy atom. The molecule has 0 aliphatic carbocycles. The highest BCUT2D eigenvalue weighted by molar-refractivity contribution is 9.10. The summed E-state index contributed by atoms with van der Waals surface area (Å²) in [7, 11) is -3.78. The number of hydrogen-bond acceptors (Lipinski definition) is 3. The standard InChI is InChI=1S/C15H11BrClNO3S/c16-12-6-8-13(9-7-12)18-22(20,21)14-4-2-1-3-11(14)5-10-15(17)19/h1-10,18H. The van der Waals surface area contributed by atoms with Gasteiger partial charge < -0.3 is 0 Å². The lowest BCUT2D eigenvalue weighted by Gasteiger charge is -2.10. The van der Waals surface area contributed by atoms with E-state index in [-0.39, 0.29) is 4.90 Å². The van der Waals surface area contributed by atoms with Crippen LogP contribution in [0, 0.1) is 0 Å². The second kappa shape index (κ2) is 7.09. The fourth-order valence-corrected chi connectivity index (χ4v) is 3.33. The van der Waals surface area contributed by atoms with E-state index in [9.17, 15) is 13.2 Å². The van der Waals surface area contributed by atoms with Crippen molar-refractivity contribution < 1.29 is 13.2 Å². The van der Waals surface area contributed by atoms with Crippen LogP contribution >= 0.6 is 27.5 Å². The first-order chi connectivity index (χ1) is 10.4. The highest BCUT2D eigenvalue weighted by atomic mass is 79.9. The van der Waals surface area contributed by atoms with Gasteiger partial charge in [-0.2, -0.15) is 0 Å². The summed E-state index contributed by atoms with van der Waals surface area (Å²) in [6, 6.07) is 13.1. The smallest absolute Gasteiger partial charge is 0.262 e. The third-order valence-corrected chi connectivity index (χ3v) is 4.81. The van der Waals surface area contributed by atoms with Gasteiger partial charge in [-0.05, 0) is 59.6 Å². The zero-order chi connectivity index (χ0) is 16.2. The van der Waals surface area contributed by atoms with Crippen molar-refractivity contribution in [1.29, 1.82) is 0 Å². The van der Waals surface area contributed by atoms with E-state index < -0.39 is 15.3 Å². The van der Waals surface area contributed by atoms with Crippen LogP contribution in [-0.2, 0) is 14.8 Å². The van der Waals surface area contributed by atoms with E-state index in [1.54, 1.807) is 42.5 Å². The molecule has 0 atom stereocenters. The molecule has 114 valence electrons. The number of carbonyl (C=O) groups excluding carboxylic acids is 1. The Kier molecular flexibility index (Phi) is 5.39. The fourth-order valence-electron chi connectivity index (χ4n) is 1.75. The number of halogens is 2.